The summed E-state index contributed by atoms with van der Waals surface area (Å²) in [7, 11) is 1.71. The first-order valence-corrected chi connectivity index (χ1v) is 6.54. The molecule has 2 saturated carbocycles. The minimum Gasteiger partial charge on any atom is -0.497 e. The number of methoxy groups -OCH3 is 1. The number of hydrogen-bond donors (Lipinski definition) is 1. The molecule has 2 aliphatic rings. The lowest BCUT2D eigenvalue weighted by Crippen LogP contribution is -2.37. The summed E-state index contributed by atoms with van der Waals surface area (Å²) in [5.74, 6) is 0.925. The Morgan fingerprint density at radius 2 is 1.94 bits per heavy atom. The van der Waals surface area contributed by atoms with Gasteiger partial charge in [0.15, 0.2) is 0 Å². The van der Waals surface area contributed by atoms with Crippen LogP contribution in [0.2, 0.25) is 0 Å². The van der Waals surface area contributed by atoms with E-state index < -0.39 is 0 Å². The van der Waals surface area contributed by atoms with Crippen molar-refractivity contribution in [2.45, 2.75) is 36.6 Å². The summed E-state index contributed by atoms with van der Waals surface area (Å²) in [6, 6.07) is 6.20. The third-order valence-corrected chi connectivity index (χ3v) is 4.87. The molecule has 3 heteroatoms. The number of benzene rings is 1. The highest BCUT2D eigenvalue weighted by molar-refractivity contribution is 9.10. The molecule has 0 radical (unpaired) electrons. The zero-order valence-corrected chi connectivity index (χ0v) is 11.0. The maximum absolute atomic E-state index is 6.42. The van der Waals surface area contributed by atoms with E-state index in [1.165, 1.54) is 22.9 Å². The van der Waals surface area contributed by atoms with Crippen LogP contribution in [0.1, 0.15) is 31.2 Å². The second-order valence-electron chi connectivity index (χ2n) is 5.08. The molecule has 1 aromatic carbocycles. The van der Waals surface area contributed by atoms with Gasteiger partial charge in [0.2, 0.25) is 0 Å². The Morgan fingerprint density at radius 3 is 2.44 bits per heavy atom. The highest BCUT2D eigenvalue weighted by Crippen LogP contribution is 2.64. The Labute approximate surface area is 104 Å². The van der Waals surface area contributed by atoms with Gasteiger partial charge in [0.1, 0.15) is 5.75 Å². The fraction of sp³-hybridized carbons (Fsp3) is 0.538. The van der Waals surface area contributed by atoms with Gasteiger partial charge in [0.25, 0.3) is 0 Å². The van der Waals surface area contributed by atoms with Gasteiger partial charge in [-0.1, -0.05) is 15.9 Å². The summed E-state index contributed by atoms with van der Waals surface area (Å²) in [5, 5.41) is 0. The fourth-order valence-corrected chi connectivity index (χ4v) is 3.40. The summed E-state index contributed by atoms with van der Waals surface area (Å²) < 4.78 is 6.47. The summed E-state index contributed by atoms with van der Waals surface area (Å²) in [5.41, 5.74) is 8.04. The minimum absolute atomic E-state index is 0.0574. The van der Waals surface area contributed by atoms with Crippen LogP contribution in [0.5, 0.6) is 5.75 Å². The molecule has 2 fully saturated rings. The molecule has 0 atom stereocenters. The lowest BCUT2D eigenvalue weighted by Gasteiger charge is -2.25. The number of ether oxygens (including phenoxy) is 1. The van der Waals surface area contributed by atoms with Crippen LogP contribution >= 0.6 is 15.9 Å². The molecule has 0 unspecified atom stereocenters. The van der Waals surface area contributed by atoms with Crippen LogP contribution in [0.15, 0.2) is 22.7 Å². The van der Waals surface area contributed by atoms with E-state index in [2.05, 4.69) is 28.1 Å². The van der Waals surface area contributed by atoms with E-state index in [9.17, 15) is 0 Å². The Morgan fingerprint density at radius 1 is 1.25 bits per heavy atom. The Kier molecular flexibility index (Phi) is 2.14. The van der Waals surface area contributed by atoms with Crippen LogP contribution in [0, 0.1) is 0 Å². The lowest BCUT2D eigenvalue weighted by atomic mass is 9.86. The molecule has 0 aliphatic heterocycles. The normalized spacial score (nSPS) is 23.9. The first-order valence-electron chi connectivity index (χ1n) is 5.74. The molecule has 2 aliphatic carbocycles. The van der Waals surface area contributed by atoms with Crippen molar-refractivity contribution >= 4 is 15.9 Å². The second-order valence-corrected chi connectivity index (χ2v) is 5.94. The zero-order valence-electron chi connectivity index (χ0n) is 9.42. The van der Waals surface area contributed by atoms with E-state index in [0.717, 1.165) is 18.6 Å². The van der Waals surface area contributed by atoms with E-state index in [4.69, 9.17) is 10.5 Å². The molecule has 0 aromatic heterocycles. The number of rotatable bonds is 3. The quantitative estimate of drug-likeness (QED) is 0.925. The molecule has 86 valence electrons. The minimum atomic E-state index is 0.0574. The predicted molar refractivity (Wildman–Crippen MR) is 67.8 cm³/mol. The molecule has 16 heavy (non-hydrogen) atoms. The van der Waals surface area contributed by atoms with Crippen LogP contribution < -0.4 is 10.5 Å². The maximum Gasteiger partial charge on any atom is 0.119 e. The van der Waals surface area contributed by atoms with Gasteiger partial charge >= 0.3 is 0 Å². The van der Waals surface area contributed by atoms with Crippen LogP contribution in [0.3, 0.4) is 0 Å². The standard InChI is InChI=1S/C13H16BrNO/c1-16-9-2-3-11(14)10(8-9)12(4-5-12)13(15)6-7-13/h2-3,8H,4-7,15H2,1H3. The van der Waals surface area contributed by atoms with Gasteiger partial charge in [-0.25, -0.2) is 0 Å². The van der Waals surface area contributed by atoms with Gasteiger partial charge in [-0.05, 0) is 49.4 Å². The van der Waals surface area contributed by atoms with E-state index in [0.29, 0.717) is 0 Å². The van der Waals surface area contributed by atoms with Crippen molar-refractivity contribution in [2.75, 3.05) is 7.11 Å². The van der Waals surface area contributed by atoms with Gasteiger partial charge in [-0.15, -0.1) is 0 Å². The molecule has 1 aromatic rings. The highest BCUT2D eigenvalue weighted by Gasteiger charge is 2.64. The number of halogens is 1. The first kappa shape index (κ1) is 10.6. The van der Waals surface area contributed by atoms with Crippen molar-refractivity contribution in [2.24, 2.45) is 5.73 Å². The van der Waals surface area contributed by atoms with Gasteiger partial charge in [-0.2, -0.15) is 0 Å². The molecule has 2 N–H and O–H groups in total. The summed E-state index contributed by atoms with van der Waals surface area (Å²) >= 11 is 3.64. The smallest absolute Gasteiger partial charge is 0.119 e. The topological polar surface area (TPSA) is 35.2 Å². The predicted octanol–water partition coefficient (Wildman–Crippen LogP) is 2.98. The summed E-state index contributed by atoms with van der Waals surface area (Å²) in [6.07, 6.45) is 4.76. The highest BCUT2D eigenvalue weighted by atomic mass is 79.9. The average molecular weight is 282 g/mol. The molecular weight excluding hydrogens is 266 g/mol. The first-order chi connectivity index (χ1) is 7.61. The zero-order chi connectivity index (χ0) is 11.4. The van der Waals surface area contributed by atoms with E-state index in [1.807, 2.05) is 6.07 Å². The largest absolute Gasteiger partial charge is 0.497 e. The molecule has 0 amide bonds. The maximum atomic E-state index is 6.42. The molecule has 0 spiro atoms. The Bertz CT molecular complexity index is 436. The SMILES string of the molecule is COc1ccc(Br)c(C2(C3(N)CC3)CC2)c1. The fourth-order valence-electron chi connectivity index (χ4n) is 2.77. The van der Waals surface area contributed by atoms with Crippen LogP contribution in [0.4, 0.5) is 0 Å². The molecule has 0 heterocycles. The van der Waals surface area contributed by atoms with Gasteiger partial charge < -0.3 is 10.5 Å². The van der Waals surface area contributed by atoms with Gasteiger partial charge in [0, 0.05) is 15.4 Å². The van der Waals surface area contributed by atoms with Crippen LogP contribution in [-0.2, 0) is 5.41 Å². The lowest BCUT2D eigenvalue weighted by molar-refractivity contribution is 0.411. The van der Waals surface area contributed by atoms with Gasteiger partial charge in [-0.3, -0.25) is 0 Å². The van der Waals surface area contributed by atoms with E-state index in [1.54, 1.807) is 7.11 Å². The third-order valence-electron chi connectivity index (χ3n) is 4.18. The van der Waals surface area contributed by atoms with E-state index in [-0.39, 0.29) is 11.0 Å². The average Bonchev–Trinajstić information content (AvgIpc) is 3.15. The molecule has 0 bridgehead atoms. The van der Waals surface area contributed by atoms with Crippen LogP contribution in [-0.4, -0.2) is 12.6 Å². The number of hydrogen-bond acceptors (Lipinski definition) is 2. The van der Waals surface area contributed by atoms with Crippen LogP contribution in [0.25, 0.3) is 0 Å². The summed E-state index contributed by atoms with van der Waals surface area (Å²) in [4.78, 5) is 0. The van der Waals surface area contributed by atoms with Crippen molar-refractivity contribution in [1.82, 2.24) is 0 Å². The Balaban J connectivity index is 2.06. The van der Waals surface area contributed by atoms with Crippen molar-refractivity contribution in [3.63, 3.8) is 0 Å². The monoisotopic (exact) mass is 281 g/mol. The third kappa shape index (κ3) is 1.34. The molecule has 2 nitrogen and oxygen atoms in total. The van der Waals surface area contributed by atoms with E-state index >= 15 is 0 Å². The second kappa shape index (κ2) is 3.23. The van der Waals surface area contributed by atoms with Gasteiger partial charge in [0.05, 0.1) is 7.11 Å². The van der Waals surface area contributed by atoms with Crippen molar-refractivity contribution in [1.29, 1.82) is 0 Å². The van der Waals surface area contributed by atoms with Crippen molar-refractivity contribution in [3.8, 4) is 5.75 Å². The number of nitrogens with two attached hydrogens (primary N) is 1. The summed E-state index contributed by atoms with van der Waals surface area (Å²) in [6.45, 7) is 0. The Hall–Kier alpha value is -0.540. The molecule has 0 saturated heterocycles. The van der Waals surface area contributed by atoms with Crippen molar-refractivity contribution in [3.05, 3.63) is 28.2 Å². The van der Waals surface area contributed by atoms with Crippen molar-refractivity contribution < 1.29 is 4.74 Å². The molecule has 3 rings (SSSR count). The molecular formula is C13H16BrNO.